The molecule has 3 heterocycles. The molecule has 1 saturated carbocycles. The maximum atomic E-state index is 14.1. The minimum absolute atomic E-state index is 0.154. The van der Waals surface area contributed by atoms with Crippen LogP contribution in [0, 0.1) is 5.82 Å². The monoisotopic (exact) mass is 383 g/mol. The van der Waals surface area contributed by atoms with Crippen molar-refractivity contribution in [2.45, 2.75) is 75.2 Å². The fourth-order valence-corrected chi connectivity index (χ4v) is 5.08. The van der Waals surface area contributed by atoms with Crippen LogP contribution >= 0.6 is 0 Å². The van der Waals surface area contributed by atoms with Gasteiger partial charge in [-0.2, -0.15) is 5.10 Å². The van der Waals surface area contributed by atoms with E-state index in [9.17, 15) is 14.3 Å². The van der Waals surface area contributed by atoms with Crippen LogP contribution < -0.4 is 5.56 Å². The lowest BCUT2D eigenvalue weighted by Crippen LogP contribution is -2.53. The summed E-state index contributed by atoms with van der Waals surface area (Å²) in [6.07, 6.45) is 5.46. The lowest BCUT2D eigenvalue weighted by atomic mass is 9.85. The molecule has 2 atom stereocenters. The first-order valence-corrected chi connectivity index (χ1v) is 10.3. The Morgan fingerprint density at radius 2 is 1.79 bits per heavy atom. The van der Waals surface area contributed by atoms with Gasteiger partial charge in [0.05, 0.1) is 17.8 Å². The molecular weight excluding hydrogens is 357 g/mol. The number of aliphatic hydroxyl groups is 1. The van der Waals surface area contributed by atoms with Crippen molar-refractivity contribution in [3.63, 3.8) is 0 Å². The van der Waals surface area contributed by atoms with E-state index in [-0.39, 0.29) is 30.0 Å². The summed E-state index contributed by atoms with van der Waals surface area (Å²) in [5.41, 5.74) is 0.582. The van der Waals surface area contributed by atoms with Crippen molar-refractivity contribution in [1.29, 1.82) is 0 Å². The van der Waals surface area contributed by atoms with Crippen molar-refractivity contribution >= 4 is 0 Å². The Hall–Kier alpha value is -2.05. The van der Waals surface area contributed by atoms with Crippen LogP contribution in [0.4, 0.5) is 4.39 Å². The van der Waals surface area contributed by atoms with E-state index in [1.807, 2.05) is 18.2 Å². The van der Waals surface area contributed by atoms with Gasteiger partial charge in [-0.15, -0.1) is 0 Å². The average Bonchev–Trinajstić information content (AvgIpc) is 3.47. The van der Waals surface area contributed by atoms with Crippen molar-refractivity contribution in [3.8, 4) is 0 Å². The summed E-state index contributed by atoms with van der Waals surface area (Å²) in [4.78, 5) is 14.6. The Labute approximate surface area is 163 Å². The van der Waals surface area contributed by atoms with E-state index in [0.29, 0.717) is 30.9 Å². The van der Waals surface area contributed by atoms with Gasteiger partial charge in [0, 0.05) is 36.2 Å². The van der Waals surface area contributed by atoms with E-state index in [1.54, 1.807) is 12.1 Å². The molecule has 3 aliphatic rings. The van der Waals surface area contributed by atoms with Crippen molar-refractivity contribution < 1.29 is 9.50 Å². The molecule has 0 spiro atoms. The Balaban J connectivity index is 1.33. The van der Waals surface area contributed by atoms with Gasteiger partial charge in [-0.1, -0.05) is 18.2 Å². The quantitative estimate of drug-likeness (QED) is 0.863. The lowest BCUT2D eigenvalue weighted by molar-refractivity contribution is -0.0679. The van der Waals surface area contributed by atoms with Crippen LogP contribution in [0.25, 0.3) is 0 Å². The Morgan fingerprint density at radius 1 is 1.07 bits per heavy atom. The maximum absolute atomic E-state index is 14.1. The summed E-state index contributed by atoms with van der Waals surface area (Å²) in [5, 5.41) is 15.8. The first-order chi connectivity index (χ1) is 13.5. The number of rotatable bonds is 5. The highest BCUT2D eigenvalue weighted by Gasteiger charge is 2.48. The molecule has 1 N–H and O–H groups in total. The van der Waals surface area contributed by atoms with E-state index in [1.165, 1.54) is 10.7 Å². The molecule has 5 rings (SSSR count). The smallest absolute Gasteiger partial charge is 0.266 e. The van der Waals surface area contributed by atoms with E-state index < -0.39 is 5.60 Å². The summed E-state index contributed by atoms with van der Waals surface area (Å²) in [5.74, 6) is 0.302. The third-order valence-electron chi connectivity index (χ3n) is 6.64. The topological polar surface area (TPSA) is 58.4 Å². The summed E-state index contributed by atoms with van der Waals surface area (Å²) in [7, 11) is 0. The highest BCUT2D eigenvalue weighted by Crippen LogP contribution is 2.42. The van der Waals surface area contributed by atoms with Crippen LogP contribution in [0.2, 0.25) is 0 Å². The van der Waals surface area contributed by atoms with Gasteiger partial charge in [0.25, 0.3) is 5.56 Å². The molecule has 0 radical (unpaired) electrons. The number of fused-ring (bicyclic) bond motifs is 2. The second-order valence-electron chi connectivity index (χ2n) is 8.81. The second-order valence-corrected chi connectivity index (χ2v) is 8.81. The normalized spacial score (nSPS) is 29.9. The van der Waals surface area contributed by atoms with E-state index in [4.69, 9.17) is 0 Å². The highest BCUT2D eigenvalue weighted by atomic mass is 19.1. The predicted octanol–water partition coefficient (Wildman–Crippen LogP) is 2.82. The SMILES string of the molecule is O=c1ccc(C2CC2)nn1CC1(O)C[C@H]2CC[C@H](C1)N2Cc1ccccc1F. The van der Waals surface area contributed by atoms with Crippen molar-refractivity contribution in [1.82, 2.24) is 14.7 Å². The molecular formula is C22H26FN3O2. The fraction of sp³-hybridized carbons (Fsp3) is 0.545. The number of benzene rings is 1. The van der Waals surface area contributed by atoms with Gasteiger partial charge in [0.1, 0.15) is 5.82 Å². The third-order valence-corrected chi connectivity index (χ3v) is 6.64. The minimum atomic E-state index is -0.934. The van der Waals surface area contributed by atoms with Gasteiger partial charge in [-0.3, -0.25) is 9.69 Å². The zero-order valence-corrected chi connectivity index (χ0v) is 15.9. The molecule has 2 aliphatic heterocycles. The predicted molar refractivity (Wildman–Crippen MR) is 103 cm³/mol. The Kier molecular flexibility index (Phi) is 4.36. The van der Waals surface area contributed by atoms with Crippen molar-refractivity contribution in [2.75, 3.05) is 0 Å². The van der Waals surface area contributed by atoms with Crippen molar-refractivity contribution in [2.24, 2.45) is 0 Å². The molecule has 1 aromatic carbocycles. The highest BCUT2D eigenvalue weighted by molar-refractivity contribution is 5.18. The van der Waals surface area contributed by atoms with Crippen LogP contribution in [0.3, 0.4) is 0 Å². The van der Waals surface area contributed by atoms with Crippen LogP contribution in [-0.2, 0) is 13.1 Å². The number of halogens is 1. The summed E-state index contributed by atoms with van der Waals surface area (Å²) in [6.45, 7) is 0.820. The van der Waals surface area contributed by atoms with Crippen LogP contribution in [0.15, 0.2) is 41.2 Å². The first kappa shape index (κ1) is 18.0. The molecule has 28 heavy (non-hydrogen) atoms. The van der Waals surface area contributed by atoms with Crippen LogP contribution in [-0.4, -0.2) is 37.5 Å². The van der Waals surface area contributed by atoms with Gasteiger partial charge < -0.3 is 5.11 Å². The van der Waals surface area contributed by atoms with Crippen LogP contribution in [0.1, 0.15) is 55.7 Å². The molecule has 2 bridgehead atoms. The maximum Gasteiger partial charge on any atom is 0.266 e. The summed E-state index contributed by atoms with van der Waals surface area (Å²) >= 11 is 0. The molecule has 5 nitrogen and oxygen atoms in total. The van der Waals surface area contributed by atoms with Crippen LogP contribution in [0.5, 0.6) is 0 Å². The molecule has 6 heteroatoms. The lowest BCUT2D eigenvalue weighted by Gasteiger charge is -2.43. The number of hydrogen-bond acceptors (Lipinski definition) is 4. The molecule has 0 amide bonds. The average molecular weight is 383 g/mol. The van der Waals surface area contributed by atoms with Gasteiger partial charge in [-0.25, -0.2) is 9.07 Å². The molecule has 2 aromatic rings. The molecule has 2 saturated heterocycles. The Bertz CT molecular complexity index is 925. The summed E-state index contributed by atoms with van der Waals surface area (Å²) in [6, 6.07) is 10.7. The number of piperidine rings is 1. The second kappa shape index (κ2) is 6.78. The standard InChI is InChI=1S/C22H26FN3O2/c23-19-4-2-1-3-16(19)13-25-17-7-8-18(25)12-22(28,11-17)14-26-21(27)10-9-20(24-26)15-5-6-15/h1-4,9-10,15,17-18,28H,5-8,11-14H2/t17-,18-/m1/s1. The molecule has 148 valence electrons. The number of hydrogen-bond donors (Lipinski definition) is 1. The zero-order chi connectivity index (χ0) is 19.3. The Morgan fingerprint density at radius 3 is 2.46 bits per heavy atom. The zero-order valence-electron chi connectivity index (χ0n) is 15.9. The summed E-state index contributed by atoms with van der Waals surface area (Å²) < 4.78 is 15.5. The fourth-order valence-electron chi connectivity index (χ4n) is 5.08. The van der Waals surface area contributed by atoms with E-state index in [2.05, 4.69) is 10.00 Å². The number of aromatic nitrogens is 2. The number of nitrogens with zero attached hydrogens (tertiary/aromatic N) is 3. The van der Waals surface area contributed by atoms with E-state index in [0.717, 1.165) is 31.4 Å². The molecule has 1 aliphatic carbocycles. The van der Waals surface area contributed by atoms with Crippen molar-refractivity contribution in [3.05, 3.63) is 63.8 Å². The largest absolute Gasteiger partial charge is 0.388 e. The molecule has 0 unspecified atom stereocenters. The van der Waals surface area contributed by atoms with Gasteiger partial charge >= 0.3 is 0 Å². The van der Waals surface area contributed by atoms with Gasteiger partial charge in [0.15, 0.2) is 0 Å². The third kappa shape index (κ3) is 3.40. The minimum Gasteiger partial charge on any atom is -0.388 e. The molecule has 1 aromatic heterocycles. The van der Waals surface area contributed by atoms with Gasteiger partial charge in [-0.05, 0) is 50.7 Å². The first-order valence-electron chi connectivity index (χ1n) is 10.3. The van der Waals surface area contributed by atoms with E-state index >= 15 is 0 Å². The van der Waals surface area contributed by atoms with Gasteiger partial charge in [0.2, 0.25) is 0 Å². The molecule has 3 fully saturated rings.